The van der Waals surface area contributed by atoms with Crippen molar-refractivity contribution in [1.29, 1.82) is 0 Å². The highest BCUT2D eigenvalue weighted by atomic mass is 35.5. The molecule has 1 atom stereocenters. The van der Waals surface area contributed by atoms with Crippen molar-refractivity contribution in [3.63, 3.8) is 0 Å². The van der Waals surface area contributed by atoms with E-state index in [1.807, 2.05) is 0 Å². The van der Waals surface area contributed by atoms with Crippen LogP contribution in [0.25, 0.3) is 0 Å². The molecule has 0 heterocycles. The molecule has 0 aliphatic carbocycles. The summed E-state index contributed by atoms with van der Waals surface area (Å²) in [5, 5.41) is 9.82. The predicted octanol–water partition coefficient (Wildman–Crippen LogP) is 3.20. The molecule has 0 radical (unpaired) electrons. The summed E-state index contributed by atoms with van der Waals surface area (Å²) in [7, 11) is 1.41. The van der Waals surface area contributed by atoms with Crippen LogP contribution in [0.2, 0.25) is 5.02 Å². The molecule has 1 amide bonds. The van der Waals surface area contributed by atoms with Crippen molar-refractivity contribution in [1.82, 2.24) is 4.90 Å². The molecule has 0 aliphatic rings. The molecule has 0 aromatic heterocycles. The standard InChI is InChI=1S/C15H20ClNO4/c1-15(2,3)21-14(20)17(4)12(13(18)19)9-10-7-5-6-8-11(10)16/h5-8,12H,9H2,1-4H3,(H,18,19). The van der Waals surface area contributed by atoms with E-state index in [1.54, 1.807) is 45.0 Å². The Morgan fingerprint density at radius 1 is 1.33 bits per heavy atom. The van der Waals surface area contributed by atoms with Crippen molar-refractivity contribution >= 4 is 23.7 Å². The summed E-state index contributed by atoms with van der Waals surface area (Å²) < 4.78 is 5.19. The molecule has 0 fully saturated rings. The lowest BCUT2D eigenvalue weighted by atomic mass is 10.1. The summed E-state index contributed by atoms with van der Waals surface area (Å²) in [5.74, 6) is -1.11. The summed E-state index contributed by atoms with van der Waals surface area (Å²) >= 11 is 6.04. The number of likely N-dealkylation sites (N-methyl/N-ethyl adjacent to an activating group) is 1. The van der Waals surface area contributed by atoms with Crippen molar-refractivity contribution in [3.8, 4) is 0 Å². The van der Waals surface area contributed by atoms with Gasteiger partial charge in [-0.2, -0.15) is 0 Å². The van der Waals surface area contributed by atoms with Gasteiger partial charge in [-0.15, -0.1) is 0 Å². The van der Waals surface area contributed by atoms with Crippen molar-refractivity contribution < 1.29 is 19.4 Å². The Morgan fingerprint density at radius 2 is 1.90 bits per heavy atom. The number of ether oxygens (including phenoxy) is 1. The second kappa shape index (κ2) is 6.80. The minimum absolute atomic E-state index is 0.116. The van der Waals surface area contributed by atoms with E-state index in [2.05, 4.69) is 0 Å². The smallest absolute Gasteiger partial charge is 0.410 e. The fraction of sp³-hybridized carbons (Fsp3) is 0.467. The summed E-state index contributed by atoms with van der Waals surface area (Å²) in [6, 6.07) is 5.91. The average molecular weight is 314 g/mol. The molecule has 0 aliphatic heterocycles. The zero-order valence-electron chi connectivity index (χ0n) is 12.6. The number of hydrogen-bond donors (Lipinski definition) is 1. The van der Waals surface area contributed by atoms with E-state index in [0.29, 0.717) is 10.6 Å². The number of rotatable bonds is 4. The van der Waals surface area contributed by atoms with Gasteiger partial charge in [-0.3, -0.25) is 4.90 Å². The van der Waals surface area contributed by atoms with Crippen molar-refractivity contribution in [3.05, 3.63) is 34.9 Å². The zero-order valence-corrected chi connectivity index (χ0v) is 13.3. The van der Waals surface area contributed by atoms with E-state index < -0.39 is 23.7 Å². The third-order valence-corrected chi connectivity index (χ3v) is 3.17. The molecule has 5 nitrogen and oxygen atoms in total. The number of carboxylic acid groups (broad SMARTS) is 1. The highest BCUT2D eigenvalue weighted by molar-refractivity contribution is 6.31. The Kier molecular flexibility index (Phi) is 5.61. The van der Waals surface area contributed by atoms with E-state index in [1.165, 1.54) is 7.05 Å². The molecule has 116 valence electrons. The number of benzene rings is 1. The minimum Gasteiger partial charge on any atom is -0.480 e. The molecular weight excluding hydrogens is 294 g/mol. The van der Waals surface area contributed by atoms with Crippen LogP contribution < -0.4 is 0 Å². The number of halogens is 1. The molecule has 1 aromatic carbocycles. The van der Waals surface area contributed by atoms with Gasteiger partial charge in [-0.05, 0) is 32.4 Å². The van der Waals surface area contributed by atoms with E-state index in [-0.39, 0.29) is 6.42 Å². The molecular formula is C15H20ClNO4. The van der Waals surface area contributed by atoms with E-state index >= 15 is 0 Å². The number of hydrogen-bond acceptors (Lipinski definition) is 3. The number of nitrogens with zero attached hydrogens (tertiary/aromatic N) is 1. The van der Waals surface area contributed by atoms with Crippen LogP contribution in [0.3, 0.4) is 0 Å². The van der Waals surface area contributed by atoms with Crippen LogP contribution in [0.4, 0.5) is 4.79 Å². The predicted molar refractivity (Wildman–Crippen MR) is 80.6 cm³/mol. The average Bonchev–Trinajstić information content (AvgIpc) is 2.34. The number of amides is 1. The number of carboxylic acids is 1. The Hall–Kier alpha value is -1.75. The molecule has 1 rings (SSSR count). The topological polar surface area (TPSA) is 66.8 Å². The second-order valence-electron chi connectivity index (χ2n) is 5.74. The van der Waals surface area contributed by atoms with Crippen molar-refractivity contribution in [2.24, 2.45) is 0 Å². The van der Waals surface area contributed by atoms with Crippen molar-refractivity contribution in [2.75, 3.05) is 7.05 Å². The Morgan fingerprint density at radius 3 is 2.38 bits per heavy atom. The molecule has 6 heteroatoms. The maximum atomic E-state index is 12.0. The summed E-state index contributed by atoms with van der Waals surface area (Å²) in [4.78, 5) is 24.5. The monoisotopic (exact) mass is 313 g/mol. The van der Waals surface area contributed by atoms with Gasteiger partial charge in [-0.1, -0.05) is 29.8 Å². The van der Waals surface area contributed by atoms with Crippen LogP contribution in [0.5, 0.6) is 0 Å². The Bertz CT molecular complexity index is 525. The lowest BCUT2D eigenvalue weighted by Gasteiger charge is -2.28. The van der Waals surface area contributed by atoms with Gasteiger partial charge >= 0.3 is 12.1 Å². The first kappa shape index (κ1) is 17.3. The molecule has 0 saturated carbocycles. The maximum absolute atomic E-state index is 12.0. The largest absolute Gasteiger partial charge is 0.480 e. The van der Waals surface area contributed by atoms with Gasteiger partial charge in [0.1, 0.15) is 11.6 Å². The second-order valence-corrected chi connectivity index (χ2v) is 6.15. The van der Waals surface area contributed by atoms with Crippen LogP contribution in [0.15, 0.2) is 24.3 Å². The zero-order chi connectivity index (χ0) is 16.2. The van der Waals surface area contributed by atoms with Gasteiger partial charge in [0.25, 0.3) is 0 Å². The number of aliphatic carboxylic acids is 1. The SMILES string of the molecule is CN(C(=O)OC(C)(C)C)C(Cc1ccccc1Cl)C(=O)O. The lowest BCUT2D eigenvalue weighted by molar-refractivity contribution is -0.142. The van der Waals surface area contributed by atoms with Gasteiger partial charge in [0.05, 0.1) is 0 Å². The first-order valence-electron chi connectivity index (χ1n) is 6.54. The van der Waals surface area contributed by atoms with Gasteiger partial charge in [0.2, 0.25) is 0 Å². The Labute approximate surface area is 129 Å². The molecule has 1 unspecified atom stereocenters. The van der Waals surface area contributed by atoms with E-state index in [4.69, 9.17) is 16.3 Å². The van der Waals surface area contributed by atoms with Crippen LogP contribution in [-0.4, -0.2) is 40.8 Å². The first-order chi connectivity index (χ1) is 9.61. The minimum atomic E-state index is -1.11. The fourth-order valence-corrected chi connectivity index (χ4v) is 1.94. The molecule has 21 heavy (non-hydrogen) atoms. The first-order valence-corrected chi connectivity index (χ1v) is 6.91. The highest BCUT2D eigenvalue weighted by Crippen LogP contribution is 2.19. The number of carbonyl (C=O) groups excluding carboxylic acids is 1. The summed E-state index contributed by atoms with van der Waals surface area (Å²) in [6.45, 7) is 5.17. The maximum Gasteiger partial charge on any atom is 0.410 e. The molecule has 0 bridgehead atoms. The molecule has 1 aromatic rings. The fourth-order valence-electron chi connectivity index (χ4n) is 1.72. The van der Waals surface area contributed by atoms with Crippen LogP contribution in [0.1, 0.15) is 26.3 Å². The highest BCUT2D eigenvalue weighted by Gasteiger charge is 2.30. The van der Waals surface area contributed by atoms with Crippen molar-refractivity contribution in [2.45, 2.75) is 38.8 Å². The quantitative estimate of drug-likeness (QED) is 0.927. The van der Waals surface area contributed by atoms with Gasteiger partial charge in [0, 0.05) is 18.5 Å². The van der Waals surface area contributed by atoms with Gasteiger partial charge < -0.3 is 9.84 Å². The van der Waals surface area contributed by atoms with Crippen LogP contribution in [-0.2, 0) is 16.0 Å². The number of carbonyl (C=O) groups is 2. The van der Waals surface area contributed by atoms with E-state index in [9.17, 15) is 14.7 Å². The third-order valence-electron chi connectivity index (χ3n) is 2.81. The summed E-state index contributed by atoms with van der Waals surface area (Å²) in [6.07, 6.45) is -0.563. The Balaban J connectivity index is 2.90. The van der Waals surface area contributed by atoms with E-state index in [0.717, 1.165) is 4.90 Å². The van der Waals surface area contributed by atoms with Gasteiger partial charge in [0.15, 0.2) is 0 Å². The van der Waals surface area contributed by atoms with Gasteiger partial charge in [-0.25, -0.2) is 9.59 Å². The van der Waals surface area contributed by atoms with Crippen LogP contribution >= 0.6 is 11.6 Å². The summed E-state index contributed by atoms with van der Waals surface area (Å²) in [5.41, 5.74) is -0.0133. The molecule has 0 saturated heterocycles. The molecule has 0 spiro atoms. The third kappa shape index (κ3) is 5.27. The normalized spacial score (nSPS) is 12.6. The molecule has 1 N–H and O–H groups in total. The lowest BCUT2D eigenvalue weighted by Crippen LogP contribution is -2.46. The van der Waals surface area contributed by atoms with Crippen LogP contribution in [0, 0.1) is 0 Å².